The van der Waals surface area contributed by atoms with Gasteiger partial charge in [-0.15, -0.1) is 0 Å². The van der Waals surface area contributed by atoms with Crippen molar-refractivity contribution in [2.45, 2.75) is 13.0 Å². The number of amides is 1. The number of halogens is 1. The second-order valence-electron chi connectivity index (χ2n) is 8.07. The highest BCUT2D eigenvalue weighted by Gasteiger charge is 2.20. The van der Waals surface area contributed by atoms with E-state index in [-0.39, 0.29) is 18.3 Å². The van der Waals surface area contributed by atoms with Gasteiger partial charge in [-0.2, -0.15) is 10.2 Å². The largest absolute Gasteiger partial charge is 0.493 e. The van der Waals surface area contributed by atoms with Crippen LogP contribution in [-0.4, -0.2) is 46.7 Å². The van der Waals surface area contributed by atoms with Crippen molar-refractivity contribution in [1.29, 1.82) is 0 Å². The van der Waals surface area contributed by atoms with Crippen molar-refractivity contribution in [3.8, 4) is 16.9 Å². The van der Waals surface area contributed by atoms with Crippen LogP contribution in [-0.2, 0) is 13.0 Å². The number of benzene rings is 2. The SMILES string of the molecule is CN(C)C(=O)c1ccc(-c2cnc(NCc3c(F)ccc4c3CCO4)c3cnncc23)cc1. The van der Waals surface area contributed by atoms with Gasteiger partial charge in [0.2, 0.25) is 0 Å². The number of nitrogens with one attached hydrogen (secondary N) is 1. The van der Waals surface area contributed by atoms with Crippen LogP contribution in [0.4, 0.5) is 10.2 Å². The Hall–Kier alpha value is -4.07. The molecule has 3 heterocycles. The molecule has 1 amide bonds. The number of carbonyl (C=O) groups is 1. The molecule has 8 heteroatoms. The summed E-state index contributed by atoms with van der Waals surface area (Å²) in [6.07, 6.45) is 5.77. The minimum Gasteiger partial charge on any atom is -0.493 e. The van der Waals surface area contributed by atoms with Gasteiger partial charge in [0.15, 0.2) is 0 Å². The Morgan fingerprint density at radius 3 is 2.58 bits per heavy atom. The predicted molar refractivity (Wildman–Crippen MR) is 124 cm³/mol. The van der Waals surface area contributed by atoms with Gasteiger partial charge in [0.25, 0.3) is 5.91 Å². The lowest BCUT2D eigenvalue weighted by atomic mass is 10.0. The molecule has 0 unspecified atom stereocenters. The van der Waals surface area contributed by atoms with Gasteiger partial charge < -0.3 is 15.0 Å². The average molecular weight is 443 g/mol. The van der Waals surface area contributed by atoms with E-state index in [1.165, 1.54) is 6.07 Å². The molecule has 0 spiro atoms. The van der Waals surface area contributed by atoms with E-state index < -0.39 is 0 Å². The summed E-state index contributed by atoms with van der Waals surface area (Å²) in [6.45, 7) is 0.847. The van der Waals surface area contributed by atoms with Crippen LogP contribution in [0, 0.1) is 5.82 Å². The Bertz CT molecular complexity index is 1360. The molecule has 166 valence electrons. The van der Waals surface area contributed by atoms with E-state index in [4.69, 9.17) is 4.74 Å². The van der Waals surface area contributed by atoms with E-state index in [9.17, 15) is 9.18 Å². The number of nitrogens with zero attached hydrogens (tertiary/aromatic N) is 4. The molecule has 2 aromatic carbocycles. The van der Waals surface area contributed by atoms with Gasteiger partial charge in [0, 0.05) is 66.3 Å². The summed E-state index contributed by atoms with van der Waals surface area (Å²) < 4.78 is 20.1. The molecule has 1 N–H and O–H groups in total. The van der Waals surface area contributed by atoms with Gasteiger partial charge >= 0.3 is 0 Å². The van der Waals surface area contributed by atoms with Crippen LogP contribution in [0.2, 0.25) is 0 Å². The fourth-order valence-corrected chi connectivity index (χ4v) is 4.09. The van der Waals surface area contributed by atoms with E-state index in [1.54, 1.807) is 55.8 Å². The van der Waals surface area contributed by atoms with Crippen molar-refractivity contribution < 1.29 is 13.9 Å². The number of hydrogen-bond donors (Lipinski definition) is 1. The van der Waals surface area contributed by atoms with Crippen LogP contribution in [0.5, 0.6) is 5.75 Å². The van der Waals surface area contributed by atoms with Gasteiger partial charge in [0.05, 0.1) is 19.0 Å². The van der Waals surface area contributed by atoms with Gasteiger partial charge in [0.1, 0.15) is 17.4 Å². The number of anilines is 1. The van der Waals surface area contributed by atoms with E-state index in [0.29, 0.717) is 30.0 Å². The van der Waals surface area contributed by atoms with E-state index in [1.807, 2.05) is 12.1 Å². The molecule has 33 heavy (non-hydrogen) atoms. The molecule has 0 bridgehead atoms. The lowest BCUT2D eigenvalue weighted by molar-refractivity contribution is 0.0827. The summed E-state index contributed by atoms with van der Waals surface area (Å²) in [7, 11) is 3.45. The summed E-state index contributed by atoms with van der Waals surface area (Å²) in [5.41, 5.74) is 3.88. The summed E-state index contributed by atoms with van der Waals surface area (Å²) >= 11 is 0. The molecule has 0 saturated carbocycles. The summed E-state index contributed by atoms with van der Waals surface area (Å²) in [5, 5.41) is 13.0. The number of rotatable bonds is 5. The first-order valence-electron chi connectivity index (χ1n) is 10.6. The van der Waals surface area contributed by atoms with Crippen molar-refractivity contribution in [1.82, 2.24) is 20.1 Å². The lowest BCUT2D eigenvalue weighted by Crippen LogP contribution is -2.21. The van der Waals surface area contributed by atoms with Crippen molar-refractivity contribution >= 4 is 22.5 Å². The highest BCUT2D eigenvalue weighted by atomic mass is 19.1. The van der Waals surface area contributed by atoms with Crippen molar-refractivity contribution in [2.75, 3.05) is 26.0 Å². The van der Waals surface area contributed by atoms with Crippen LogP contribution in [0.3, 0.4) is 0 Å². The smallest absolute Gasteiger partial charge is 0.253 e. The molecule has 4 aromatic rings. The predicted octanol–water partition coefficient (Wildman–Crippen LogP) is 4.08. The molecule has 2 aromatic heterocycles. The van der Waals surface area contributed by atoms with Crippen molar-refractivity contribution in [2.24, 2.45) is 0 Å². The van der Waals surface area contributed by atoms with Gasteiger partial charge in [-0.25, -0.2) is 9.37 Å². The summed E-state index contributed by atoms with van der Waals surface area (Å²) in [4.78, 5) is 18.3. The van der Waals surface area contributed by atoms with Crippen LogP contribution < -0.4 is 10.1 Å². The number of aromatic nitrogens is 3. The monoisotopic (exact) mass is 443 g/mol. The average Bonchev–Trinajstić information content (AvgIpc) is 3.32. The van der Waals surface area contributed by atoms with Gasteiger partial charge in [-0.05, 0) is 29.8 Å². The number of carbonyl (C=O) groups excluding carboxylic acids is 1. The molecular weight excluding hydrogens is 421 g/mol. The Labute approximate surface area is 190 Å². The normalized spacial score (nSPS) is 12.3. The molecule has 0 saturated heterocycles. The quantitative estimate of drug-likeness (QED) is 0.501. The minimum atomic E-state index is -0.264. The third kappa shape index (κ3) is 3.84. The maximum absolute atomic E-state index is 14.5. The third-order valence-electron chi connectivity index (χ3n) is 5.82. The Balaban J connectivity index is 1.47. The van der Waals surface area contributed by atoms with Gasteiger partial charge in [-0.3, -0.25) is 4.79 Å². The Morgan fingerprint density at radius 1 is 1.06 bits per heavy atom. The van der Waals surface area contributed by atoms with Crippen molar-refractivity contribution in [3.63, 3.8) is 0 Å². The first-order valence-corrected chi connectivity index (χ1v) is 10.6. The first-order chi connectivity index (χ1) is 16.0. The fraction of sp³-hybridized carbons (Fsp3) is 0.200. The van der Waals surface area contributed by atoms with Crippen molar-refractivity contribution in [3.05, 3.63) is 77.5 Å². The highest BCUT2D eigenvalue weighted by molar-refractivity contribution is 6.01. The fourth-order valence-electron chi connectivity index (χ4n) is 4.09. The standard InChI is InChI=1S/C25H22FN5O2/c1-31(2)25(32)16-5-3-15(4-6-16)18-11-27-24(21-14-30-29-13-19(18)21)28-12-20-17-9-10-33-23(17)8-7-22(20)26/h3-8,11,13-14H,9-10,12H2,1-2H3,(H,27,28). The molecule has 1 aliphatic heterocycles. The zero-order chi connectivity index (χ0) is 22.9. The number of hydrogen-bond acceptors (Lipinski definition) is 6. The van der Waals surface area contributed by atoms with E-state index in [0.717, 1.165) is 33.2 Å². The topological polar surface area (TPSA) is 80.2 Å². The van der Waals surface area contributed by atoms with Crippen LogP contribution >= 0.6 is 0 Å². The molecule has 7 nitrogen and oxygen atoms in total. The molecule has 0 fully saturated rings. The zero-order valence-electron chi connectivity index (χ0n) is 18.3. The second kappa shape index (κ2) is 8.46. The third-order valence-corrected chi connectivity index (χ3v) is 5.82. The summed E-state index contributed by atoms with van der Waals surface area (Å²) in [6, 6.07) is 10.5. The molecule has 0 atom stereocenters. The first kappa shape index (κ1) is 20.8. The Kier molecular flexibility index (Phi) is 5.34. The van der Waals surface area contributed by atoms with Gasteiger partial charge in [-0.1, -0.05) is 12.1 Å². The maximum Gasteiger partial charge on any atom is 0.253 e. The van der Waals surface area contributed by atoms with E-state index >= 15 is 0 Å². The van der Waals surface area contributed by atoms with Crippen LogP contribution in [0.1, 0.15) is 21.5 Å². The Morgan fingerprint density at radius 2 is 1.82 bits per heavy atom. The highest BCUT2D eigenvalue weighted by Crippen LogP contribution is 2.33. The molecule has 1 aliphatic rings. The second-order valence-corrected chi connectivity index (χ2v) is 8.07. The lowest BCUT2D eigenvalue weighted by Gasteiger charge is -2.14. The minimum absolute atomic E-state index is 0.0556. The number of pyridine rings is 1. The molecule has 5 rings (SSSR count). The van der Waals surface area contributed by atoms with Crippen LogP contribution in [0.25, 0.3) is 21.9 Å². The number of ether oxygens (including phenoxy) is 1. The summed E-state index contributed by atoms with van der Waals surface area (Å²) in [5.74, 6) is 1.02. The molecule has 0 aliphatic carbocycles. The zero-order valence-corrected chi connectivity index (χ0v) is 18.3. The molecular formula is C25H22FN5O2. The van der Waals surface area contributed by atoms with E-state index in [2.05, 4.69) is 20.5 Å². The number of fused-ring (bicyclic) bond motifs is 2. The molecule has 0 radical (unpaired) electrons. The maximum atomic E-state index is 14.5. The van der Waals surface area contributed by atoms with Crippen LogP contribution in [0.15, 0.2) is 55.0 Å².